The van der Waals surface area contributed by atoms with Gasteiger partial charge in [-0.05, 0) is 36.4 Å². The van der Waals surface area contributed by atoms with E-state index in [1.807, 2.05) is 0 Å². The van der Waals surface area contributed by atoms with Crippen molar-refractivity contribution in [3.8, 4) is 11.5 Å². The van der Waals surface area contributed by atoms with Gasteiger partial charge < -0.3 is 9.47 Å². The Kier molecular flexibility index (Phi) is 3.39. The quantitative estimate of drug-likeness (QED) is 0.639. The first-order valence-corrected chi connectivity index (χ1v) is 6.21. The van der Waals surface area contributed by atoms with Gasteiger partial charge in [0, 0.05) is 11.1 Å². The molecule has 0 amide bonds. The lowest BCUT2D eigenvalue weighted by molar-refractivity contribution is 0.104. The van der Waals surface area contributed by atoms with E-state index in [4.69, 9.17) is 9.47 Å². The summed E-state index contributed by atoms with van der Waals surface area (Å²) in [5.74, 6) is -1.29. The molecule has 5 heteroatoms. The number of hydrogen-bond donors (Lipinski definition) is 0. The van der Waals surface area contributed by atoms with Crippen LogP contribution in [0.25, 0.3) is 6.08 Å². The van der Waals surface area contributed by atoms with E-state index in [9.17, 15) is 13.6 Å². The van der Waals surface area contributed by atoms with Gasteiger partial charge in [-0.25, -0.2) is 8.78 Å². The maximum atomic E-state index is 13.1. The summed E-state index contributed by atoms with van der Waals surface area (Å²) >= 11 is 0. The monoisotopic (exact) mass is 288 g/mol. The first-order valence-electron chi connectivity index (χ1n) is 6.21. The van der Waals surface area contributed by atoms with Crippen molar-refractivity contribution in [2.24, 2.45) is 0 Å². The molecule has 21 heavy (non-hydrogen) atoms. The van der Waals surface area contributed by atoms with Crippen LogP contribution in [0.2, 0.25) is 0 Å². The smallest absolute Gasteiger partial charge is 0.231 e. The van der Waals surface area contributed by atoms with Crippen molar-refractivity contribution in [3.05, 3.63) is 65.2 Å². The molecule has 0 N–H and O–H groups in total. The number of halogens is 2. The topological polar surface area (TPSA) is 35.5 Å². The minimum Gasteiger partial charge on any atom is -0.454 e. The van der Waals surface area contributed by atoms with Crippen molar-refractivity contribution in [2.75, 3.05) is 6.79 Å². The van der Waals surface area contributed by atoms with Crippen LogP contribution in [-0.2, 0) is 0 Å². The normalized spacial score (nSPS) is 12.9. The Bertz CT molecular complexity index is 738. The average Bonchev–Trinajstić information content (AvgIpc) is 2.96. The molecule has 2 aromatic rings. The van der Waals surface area contributed by atoms with Crippen LogP contribution in [-0.4, -0.2) is 12.6 Å². The van der Waals surface area contributed by atoms with E-state index in [0.717, 1.165) is 12.1 Å². The van der Waals surface area contributed by atoms with Crippen molar-refractivity contribution < 1.29 is 23.0 Å². The van der Waals surface area contributed by atoms with Gasteiger partial charge in [-0.2, -0.15) is 0 Å². The molecule has 3 rings (SSSR count). The highest BCUT2D eigenvalue weighted by atomic mass is 19.2. The molecule has 0 bridgehead atoms. The number of allylic oxidation sites excluding steroid dienone is 1. The second kappa shape index (κ2) is 5.36. The van der Waals surface area contributed by atoms with Crippen LogP contribution >= 0.6 is 0 Å². The number of fused-ring (bicyclic) bond motifs is 1. The van der Waals surface area contributed by atoms with Gasteiger partial charge in [-0.15, -0.1) is 0 Å². The molecule has 0 radical (unpaired) electrons. The van der Waals surface area contributed by atoms with Gasteiger partial charge in [0.05, 0.1) is 0 Å². The Hall–Kier alpha value is -2.69. The third-order valence-corrected chi connectivity index (χ3v) is 3.05. The van der Waals surface area contributed by atoms with Crippen LogP contribution < -0.4 is 9.47 Å². The molecule has 3 nitrogen and oxygen atoms in total. The zero-order valence-electron chi connectivity index (χ0n) is 10.8. The number of rotatable bonds is 3. The summed E-state index contributed by atoms with van der Waals surface area (Å²) in [6.45, 7) is 0.136. The fourth-order valence-corrected chi connectivity index (χ4v) is 2.00. The largest absolute Gasteiger partial charge is 0.454 e. The van der Waals surface area contributed by atoms with E-state index < -0.39 is 17.4 Å². The molecule has 106 valence electrons. The number of carbonyl (C=O) groups is 1. The molecule has 0 saturated carbocycles. The van der Waals surface area contributed by atoms with Crippen molar-refractivity contribution in [3.63, 3.8) is 0 Å². The molecule has 0 atom stereocenters. The summed E-state index contributed by atoms with van der Waals surface area (Å²) in [4.78, 5) is 11.9. The molecular formula is C16H10F2O3. The number of benzene rings is 2. The van der Waals surface area contributed by atoms with Crippen LogP contribution in [0.5, 0.6) is 11.5 Å². The van der Waals surface area contributed by atoms with E-state index in [-0.39, 0.29) is 12.4 Å². The van der Waals surface area contributed by atoms with Gasteiger partial charge in [0.25, 0.3) is 0 Å². The maximum absolute atomic E-state index is 13.1. The Morgan fingerprint density at radius 1 is 1.10 bits per heavy atom. The van der Waals surface area contributed by atoms with Crippen LogP contribution in [0.3, 0.4) is 0 Å². The molecule has 0 aliphatic carbocycles. The summed E-state index contributed by atoms with van der Waals surface area (Å²) in [5.41, 5.74) is 0.760. The lowest BCUT2D eigenvalue weighted by Crippen LogP contribution is -1.97. The average molecular weight is 288 g/mol. The molecule has 0 unspecified atom stereocenters. The molecule has 1 aliphatic rings. The van der Waals surface area contributed by atoms with E-state index in [1.54, 1.807) is 24.3 Å². The second-order valence-corrected chi connectivity index (χ2v) is 4.41. The lowest BCUT2D eigenvalue weighted by atomic mass is 10.1. The highest BCUT2D eigenvalue weighted by Gasteiger charge is 2.15. The summed E-state index contributed by atoms with van der Waals surface area (Å²) < 4.78 is 36.5. The summed E-state index contributed by atoms with van der Waals surface area (Å²) in [5, 5.41) is 0. The third kappa shape index (κ3) is 2.63. The molecule has 0 aromatic heterocycles. The third-order valence-electron chi connectivity index (χ3n) is 3.05. The number of hydrogen-bond acceptors (Lipinski definition) is 3. The zero-order valence-corrected chi connectivity index (χ0v) is 10.8. The zero-order chi connectivity index (χ0) is 14.8. The maximum Gasteiger partial charge on any atom is 0.231 e. The summed E-state index contributed by atoms with van der Waals surface area (Å²) in [6.07, 6.45) is 2.83. The molecule has 0 saturated heterocycles. The minimum atomic E-state index is -1.05. The first kappa shape index (κ1) is 13.3. The van der Waals surface area contributed by atoms with E-state index in [2.05, 4.69) is 0 Å². The standard InChI is InChI=1S/C16H10F2O3/c17-12-6-4-11(8-13(12)18)14(19)7-5-10-2-1-3-15-16(10)21-9-20-15/h1-8H,9H2/b7-5+. The number of para-hydroxylation sites is 1. The van der Waals surface area contributed by atoms with Gasteiger partial charge in [-0.3, -0.25) is 4.79 Å². The van der Waals surface area contributed by atoms with Gasteiger partial charge in [0.15, 0.2) is 28.9 Å². The van der Waals surface area contributed by atoms with Crippen molar-refractivity contribution >= 4 is 11.9 Å². The fourth-order valence-electron chi connectivity index (χ4n) is 2.00. The minimum absolute atomic E-state index is 0.0786. The van der Waals surface area contributed by atoms with E-state index in [1.165, 1.54) is 12.1 Å². The Balaban J connectivity index is 1.84. The number of carbonyl (C=O) groups excluding carboxylic acids is 1. The molecule has 1 aliphatic heterocycles. The first-order chi connectivity index (χ1) is 10.1. The lowest BCUT2D eigenvalue weighted by Gasteiger charge is -2.00. The van der Waals surface area contributed by atoms with Crippen LogP contribution in [0.15, 0.2) is 42.5 Å². The molecule has 0 fully saturated rings. The van der Waals surface area contributed by atoms with Gasteiger partial charge in [0.2, 0.25) is 6.79 Å². The van der Waals surface area contributed by atoms with Crippen molar-refractivity contribution in [1.82, 2.24) is 0 Å². The SMILES string of the molecule is O=C(/C=C/c1cccc2c1OCO2)c1ccc(F)c(F)c1. The van der Waals surface area contributed by atoms with Crippen LogP contribution in [0.4, 0.5) is 8.78 Å². The van der Waals surface area contributed by atoms with Crippen LogP contribution in [0, 0.1) is 11.6 Å². The highest BCUT2D eigenvalue weighted by Crippen LogP contribution is 2.35. The Labute approximate surface area is 119 Å². The second-order valence-electron chi connectivity index (χ2n) is 4.41. The fraction of sp³-hybridized carbons (Fsp3) is 0.0625. The van der Waals surface area contributed by atoms with Crippen LogP contribution in [0.1, 0.15) is 15.9 Å². The highest BCUT2D eigenvalue weighted by molar-refractivity contribution is 6.07. The Morgan fingerprint density at radius 2 is 1.95 bits per heavy atom. The number of ketones is 1. The molecule has 1 heterocycles. The van der Waals surface area contributed by atoms with E-state index >= 15 is 0 Å². The predicted molar refractivity (Wildman–Crippen MR) is 72.3 cm³/mol. The summed E-state index contributed by atoms with van der Waals surface area (Å²) in [6, 6.07) is 8.33. The Morgan fingerprint density at radius 3 is 2.76 bits per heavy atom. The van der Waals surface area contributed by atoms with Gasteiger partial charge in [0.1, 0.15) is 0 Å². The van der Waals surface area contributed by atoms with Crippen molar-refractivity contribution in [2.45, 2.75) is 0 Å². The number of ether oxygens (including phenoxy) is 2. The van der Waals surface area contributed by atoms with Gasteiger partial charge >= 0.3 is 0 Å². The van der Waals surface area contributed by atoms with Crippen molar-refractivity contribution in [1.29, 1.82) is 0 Å². The molecular weight excluding hydrogens is 278 g/mol. The van der Waals surface area contributed by atoms with E-state index in [0.29, 0.717) is 17.1 Å². The summed E-state index contributed by atoms with van der Waals surface area (Å²) in [7, 11) is 0. The molecule has 2 aromatic carbocycles. The molecule has 0 spiro atoms. The van der Waals surface area contributed by atoms with Gasteiger partial charge in [-0.1, -0.05) is 12.1 Å². The predicted octanol–water partition coefficient (Wildman–Crippen LogP) is 3.59.